The van der Waals surface area contributed by atoms with Crippen LogP contribution in [0.5, 0.6) is 0 Å². The second-order valence-electron chi connectivity index (χ2n) is 4.83. The van der Waals surface area contributed by atoms with Gasteiger partial charge in [-0.1, -0.05) is 20.3 Å². The molecule has 0 saturated heterocycles. The Kier molecular flexibility index (Phi) is 1.54. The highest BCUT2D eigenvalue weighted by Crippen LogP contribution is 2.59. The van der Waals surface area contributed by atoms with Crippen molar-refractivity contribution < 1.29 is 0 Å². The molecule has 4 unspecified atom stereocenters. The van der Waals surface area contributed by atoms with Gasteiger partial charge in [0.25, 0.3) is 0 Å². The van der Waals surface area contributed by atoms with Gasteiger partial charge in [0.1, 0.15) is 0 Å². The molecule has 2 fully saturated rings. The Morgan fingerprint density at radius 3 is 2.27 bits per heavy atom. The maximum Gasteiger partial charge on any atom is 0.0105 e. The van der Waals surface area contributed by atoms with Crippen LogP contribution in [0.15, 0.2) is 0 Å². The maximum atomic E-state index is 5.98. The van der Waals surface area contributed by atoms with Crippen molar-refractivity contribution in [2.75, 3.05) is 0 Å². The summed E-state index contributed by atoms with van der Waals surface area (Å²) in [6.07, 6.45) is 5.54. The van der Waals surface area contributed by atoms with E-state index >= 15 is 0 Å². The molecule has 0 bridgehead atoms. The van der Waals surface area contributed by atoms with Crippen LogP contribution in [0.25, 0.3) is 0 Å². The lowest BCUT2D eigenvalue weighted by Crippen LogP contribution is -2.28. The first kappa shape index (κ1) is 7.60. The first-order valence-electron chi connectivity index (χ1n) is 4.91. The summed E-state index contributed by atoms with van der Waals surface area (Å²) < 4.78 is 0. The van der Waals surface area contributed by atoms with E-state index in [1.807, 2.05) is 0 Å². The van der Waals surface area contributed by atoms with Crippen molar-refractivity contribution in [3.8, 4) is 0 Å². The summed E-state index contributed by atoms with van der Waals surface area (Å²) in [5, 5.41) is 0. The minimum Gasteiger partial charge on any atom is -0.327 e. The highest BCUT2D eigenvalue weighted by Gasteiger charge is 2.56. The van der Waals surface area contributed by atoms with Crippen molar-refractivity contribution >= 4 is 0 Å². The van der Waals surface area contributed by atoms with E-state index < -0.39 is 0 Å². The average Bonchev–Trinajstić information content (AvgIpc) is 2.55. The van der Waals surface area contributed by atoms with Gasteiger partial charge in [0, 0.05) is 6.04 Å². The zero-order valence-corrected chi connectivity index (χ0v) is 7.64. The van der Waals surface area contributed by atoms with E-state index in [4.69, 9.17) is 5.73 Å². The maximum absolute atomic E-state index is 5.98. The van der Waals surface area contributed by atoms with Crippen molar-refractivity contribution in [1.29, 1.82) is 0 Å². The van der Waals surface area contributed by atoms with Crippen molar-refractivity contribution in [2.45, 2.75) is 45.6 Å². The molecule has 1 nitrogen and oxygen atoms in total. The van der Waals surface area contributed by atoms with Crippen LogP contribution in [0.1, 0.15) is 39.5 Å². The molecule has 0 aromatic carbocycles. The Morgan fingerprint density at radius 1 is 1.18 bits per heavy atom. The van der Waals surface area contributed by atoms with Crippen LogP contribution in [0.3, 0.4) is 0 Å². The quantitative estimate of drug-likeness (QED) is 0.567. The van der Waals surface area contributed by atoms with Crippen molar-refractivity contribution in [3.05, 3.63) is 0 Å². The van der Waals surface area contributed by atoms with Crippen LogP contribution < -0.4 is 5.73 Å². The lowest BCUT2D eigenvalue weighted by atomic mass is 9.72. The first-order chi connectivity index (χ1) is 5.15. The Bertz CT molecular complexity index is 166. The van der Waals surface area contributed by atoms with Gasteiger partial charge in [-0.05, 0) is 36.5 Å². The number of rotatable bonds is 0. The van der Waals surface area contributed by atoms with E-state index in [2.05, 4.69) is 13.8 Å². The molecule has 1 spiro atoms. The van der Waals surface area contributed by atoms with Gasteiger partial charge in [-0.15, -0.1) is 0 Å². The number of hydrogen-bond donors (Lipinski definition) is 1. The van der Waals surface area contributed by atoms with Crippen LogP contribution >= 0.6 is 0 Å². The van der Waals surface area contributed by atoms with Gasteiger partial charge in [0.15, 0.2) is 0 Å². The number of nitrogens with two attached hydrogens (primary N) is 1. The highest BCUT2D eigenvalue weighted by molar-refractivity contribution is 5.10. The molecule has 0 heterocycles. The second-order valence-corrected chi connectivity index (χ2v) is 4.83. The summed E-state index contributed by atoms with van der Waals surface area (Å²) in [6.45, 7) is 4.76. The molecule has 0 aliphatic heterocycles. The molecule has 2 rings (SSSR count). The molecule has 0 aromatic rings. The molecule has 64 valence electrons. The van der Waals surface area contributed by atoms with Crippen LogP contribution in [0.4, 0.5) is 0 Å². The summed E-state index contributed by atoms with van der Waals surface area (Å²) in [4.78, 5) is 0. The summed E-state index contributed by atoms with van der Waals surface area (Å²) in [5.41, 5.74) is 6.58. The van der Waals surface area contributed by atoms with Gasteiger partial charge in [0.2, 0.25) is 0 Å². The molecule has 2 N–H and O–H groups in total. The lowest BCUT2D eigenvalue weighted by molar-refractivity contribution is 0.175. The molecular formula is C10H19N. The minimum atomic E-state index is 0.542. The molecule has 0 radical (unpaired) electrons. The standard InChI is InChI=1S/C10H19N/c1-7-3-4-8(2)10(5-7)6-9(10)11/h7-9H,3-6,11H2,1-2H3. The summed E-state index contributed by atoms with van der Waals surface area (Å²) in [5.74, 6) is 1.83. The highest BCUT2D eigenvalue weighted by atomic mass is 14.8. The normalized spacial score (nSPS) is 56.5. The van der Waals surface area contributed by atoms with Crippen molar-refractivity contribution in [1.82, 2.24) is 0 Å². The first-order valence-corrected chi connectivity index (χ1v) is 4.91. The zero-order chi connectivity index (χ0) is 8.06. The Hall–Kier alpha value is -0.0400. The predicted octanol–water partition coefficient (Wildman–Crippen LogP) is 2.16. The SMILES string of the molecule is CC1CCC(C)C2(C1)CC2N. The van der Waals surface area contributed by atoms with Crippen LogP contribution in [-0.2, 0) is 0 Å². The smallest absolute Gasteiger partial charge is 0.0105 e. The van der Waals surface area contributed by atoms with Crippen molar-refractivity contribution in [2.24, 2.45) is 23.0 Å². The predicted molar refractivity (Wildman–Crippen MR) is 47.2 cm³/mol. The number of hydrogen-bond acceptors (Lipinski definition) is 1. The average molecular weight is 153 g/mol. The molecule has 0 amide bonds. The fourth-order valence-electron chi connectivity index (χ4n) is 2.93. The molecule has 4 atom stereocenters. The van der Waals surface area contributed by atoms with Gasteiger partial charge in [0.05, 0.1) is 0 Å². The fourth-order valence-corrected chi connectivity index (χ4v) is 2.93. The fraction of sp³-hybridized carbons (Fsp3) is 1.00. The molecular weight excluding hydrogens is 134 g/mol. The molecule has 2 aliphatic rings. The summed E-state index contributed by atoms with van der Waals surface area (Å²) in [7, 11) is 0. The third-order valence-corrected chi connectivity index (χ3v) is 3.98. The molecule has 11 heavy (non-hydrogen) atoms. The van der Waals surface area contributed by atoms with E-state index in [1.165, 1.54) is 25.7 Å². The second kappa shape index (κ2) is 2.22. The molecule has 1 heteroatoms. The van der Waals surface area contributed by atoms with Gasteiger partial charge in [-0.2, -0.15) is 0 Å². The van der Waals surface area contributed by atoms with Gasteiger partial charge >= 0.3 is 0 Å². The van der Waals surface area contributed by atoms with E-state index in [0.717, 1.165) is 11.8 Å². The van der Waals surface area contributed by atoms with Gasteiger partial charge in [-0.25, -0.2) is 0 Å². The van der Waals surface area contributed by atoms with Crippen LogP contribution in [-0.4, -0.2) is 6.04 Å². The molecule has 0 aromatic heterocycles. The zero-order valence-electron chi connectivity index (χ0n) is 7.64. The monoisotopic (exact) mass is 153 g/mol. The molecule has 2 aliphatic carbocycles. The minimum absolute atomic E-state index is 0.542. The van der Waals surface area contributed by atoms with E-state index in [9.17, 15) is 0 Å². The molecule has 2 saturated carbocycles. The van der Waals surface area contributed by atoms with Crippen LogP contribution in [0.2, 0.25) is 0 Å². The van der Waals surface area contributed by atoms with E-state index in [0.29, 0.717) is 11.5 Å². The summed E-state index contributed by atoms with van der Waals surface area (Å²) in [6, 6.07) is 0.542. The van der Waals surface area contributed by atoms with Gasteiger partial charge < -0.3 is 5.73 Å². The Balaban J connectivity index is 2.07. The third-order valence-electron chi connectivity index (χ3n) is 3.98. The lowest BCUT2D eigenvalue weighted by Gasteiger charge is -2.33. The van der Waals surface area contributed by atoms with Crippen LogP contribution in [0, 0.1) is 17.3 Å². The van der Waals surface area contributed by atoms with E-state index in [-0.39, 0.29) is 0 Å². The van der Waals surface area contributed by atoms with E-state index in [1.54, 1.807) is 0 Å². The van der Waals surface area contributed by atoms with Gasteiger partial charge in [-0.3, -0.25) is 0 Å². The third kappa shape index (κ3) is 1.01. The summed E-state index contributed by atoms with van der Waals surface area (Å²) >= 11 is 0. The topological polar surface area (TPSA) is 26.0 Å². The Labute approximate surface area is 69.4 Å². The Morgan fingerprint density at radius 2 is 1.82 bits per heavy atom. The van der Waals surface area contributed by atoms with Crippen molar-refractivity contribution in [3.63, 3.8) is 0 Å². The largest absolute Gasteiger partial charge is 0.327 e.